The number of nitrogens with zero attached hydrogens (tertiary/aromatic N) is 1. The zero-order valence-corrected chi connectivity index (χ0v) is 11.1. The SMILES string of the molecule is Nc1cccc(C(=O)c2cccc([N+](=O)[O-])c2)c1OC(=O)O. The van der Waals surface area contributed by atoms with Crippen LogP contribution in [-0.2, 0) is 0 Å². The molecule has 8 heteroatoms. The molecular formula is C14H10N2O6. The van der Waals surface area contributed by atoms with Crippen molar-refractivity contribution in [2.75, 3.05) is 5.73 Å². The second-order valence-electron chi connectivity index (χ2n) is 4.23. The molecule has 0 spiro atoms. The number of hydrogen-bond donors (Lipinski definition) is 2. The Morgan fingerprint density at radius 1 is 1.18 bits per heavy atom. The summed E-state index contributed by atoms with van der Waals surface area (Å²) in [5.74, 6) is -0.932. The Morgan fingerprint density at radius 2 is 1.86 bits per heavy atom. The lowest BCUT2D eigenvalue weighted by atomic mass is 10.0. The maximum Gasteiger partial charge on any atom is 0.511 e. The summed E-state index contributed by atoms with van der Waals surface area (Å²) >= 11 is 0. The van der Waals surface area contributed by atoms with Gasteiger partial charge < -0.3 is 15.6 Å². The van der Waals surface area contributed by atoms with E-state index in [0.717, 1.165) is 6.07 Å². The Morgan fingerprint density at radius 3 is 2.50 bits per heavy atom. The van der Waals surface area contributed by atoms with Gasteiger partial charge in [0.25, 0.3) is 5.69 Å². The largest absolute Gasteiger partial charge is 0.511 e. The molecule has 0 bridgehead atoms. The van der Waals surface area contributed by atoms with Crippen LogP contribution in [0.5, 0.6) is 5.75 Å². The molecule has 0 atom stereocenters. The van der Waals surface area contributed by atoms with Crippen LogP contribution in [0.2, 0.25) is 0 Å². The van der Waals surface area contributed by atoms with E-state index >= 15 is 0 Å². The third-order valence-corrected chi connectivity index (χ3v) is 2.80. The molecule has 0 aromatic heterocycles. The van der Waals surface area contributed by atoms with Crippen molar-refractivity contribution in [2.24, 2.45) is 0 Å². The lowest BCUT2D eigenvalue weighted by Crippen LogP contribution is -2.11. The molecule has 0 aliphatic heterocycles. The fraction of sp³-hybridized carbons (Fsp3) is 0. The summed E-state index contributed by atoms with van der Waals surface area (Å²) < 4.78 is 4.53. The fourth-order valence-corrected chi connectivity index (χ4v) is 1.85. The van der Waals surface area contributed by atoms with Crippen molar-refractivity contribution in [3.63, 3.8) is 0 Å². The molecule has 112 valence electrons. The number of ketones is 1. The van der Waals surface area contributed by atoms with Gasteiger partial charge in [0.1, 0.15) is 0 Å². The summed E-state index contributed by atoms with van der Waals surface area (Å²) in [6.07, 6.45) is -1.62. The van der Waals surface area contributed by atoms with Crippen molar-refractivity contribution in [3.05, 3.63) is 63.7 Å². The van der Waals surface area contributed by atoms with Crippen molar-refractivity contribution in [1.29, 1.82) is 0 Å². The maximum absolute atomic E-state index is 12.4. The number of non-ortho nitro benzene ring substituents is 1. The molecule has 2 aromatic carbocycles. The number of benzene rings is 2. The topological polar surface area (TPSA) is 133 Å². The molecule has 0 aliphatic rings. The number of hydrogen-bond acceptors (Lipinski definition) is 6. The van der Waals surface area contributed by atoms with Gasteiger partial charge in [-0.1, -0.05) is 18.2 Å². The van der Waals surface area contributed by atoms with Gasteiger partial charge in [-0.3, -0.25) is 14.9 Å². The summed E-state index contributed by atoms with van der Waals surface area (Å²) in [6, 6.07) is 9.23. The average molecular weight is 302 g/mol. The van der Waals surface area contributed by atoms with E-state index in [2.05, 4.69) is 4.74 Å². The van der Waals surface area contributed by atoms with Gasteiger partial charge in [-0.15, -0.1) is 0 Å². The van der Waals surface area contributed by atoms with Crippen LogP contribution in [0.25, 0.3) is 0 Å². The molecule has 2 rings (SSSR count). The predicted molar refractivity (Wildman–Crippen MR) is 76.0 cm³/mol. The van der Waals surface area contributed by atoms with Gasteiger partial charge in [-0.05, 0) is 12.1 Å². The number of ether oxygens (including phenoxy) is 1. The lowest BCUT2D eigenvalue weighted by Gasteiger charge is -2.09. The summed E-state index contributed by atoms with van der Waals surface area (Å²) in [4.78, 5) is 33.2. The van der Waals surface area contributed by atoms with Gasteiger partial charge in [0.2, 0.25) is 0 Å². The van der Waals surface area contributed by atoms with Crippen molar-refractivity contribution >= 4 is 23.3 Å². The van der Waals surface area contributed by atoms with E-state index in [-0.39, 0.29) is 28.3 Å². The summed E-state index contributed by atoms with van der Waals surface area (Å²) in [6.45, 7) is 0. The highest BCUT2D eigenvalue weighted by molar-refractivity contribution is 6.12. The number of nitro groups is 1. The van der Waals surface area contributed by atoms with Gasteiger partial charge in [0.15, 0.2) is 11.5 Å². The Kier molecular flexibility index (Phi) is 4.03. The van der Waals surface area contributed by atoms with Gasteiger partial charge in [0, 0.05) is 17.7 Å². The molecule has 0 aliphatic carbocycles. The van der Waals surface area contributed by atoms with Crippen LogP contribution in [0.15, 0.2) is 42.5 Å². The summed E-state index contributed by atoms with van der Waals surface area (Å²) in [5, 5.41) is 19.5. The molecule has 0 radical (unpaired) electrons. The highest BCUT2D eigenvalue weighted by Crippen LogP contribution is 2.29. The normalized spacial score (nSPS) is 10.0. The van der Waals surface area contributed by atoms with Crippen molar-refractivity contribution < 1.29 is 24.4 Å². The Balaban J connectivity index is 2.50. The second-order valence-corrected chi connectivity index (χ2v) is 4.23. The molecule has 8 nitrogen and oxygen atoms in total. The molecule has 3 N–H and O–H groups in total. The second kappa shape index (κ2) is 5.92. The summed E-state index contributed by atoms with van der Waals surface area (Å²) in [5.41, 5.74) is 5.26. The number of para-hydroxylation sites is 1. The van der Waals surface area contributed by atoms with E-state index < -0.39 is 16.9 Å². The van der Waals surface area contributed by atoms with Crippen molar-refractivity contribution in [2.45, 2.75) is 0 Å². The first kappa shape index (κ1) is 15.0. The third-order valence-electron chi connectivity index (χ3n) is 2.80. The Hall–Kier alpha value is -3.42. The number of carbonyl (C=O) groups is 2. The highest BCUT2D eigenvalue weighted by atomic mass is 16.7. The molecular weight excluding hydrogens is 292 g/mol. The zero-order valence-electron chi connectivity index (χ0n) is 11.1. The number of nitrogen functional groups attached to an aromatic ring is 1. The van der Waals surface area contributed by atoms with E-state index in [1.165, 1.54) is 36.4 Å². The number of carbonyl (C=O) groups excluding carboxylic acids is 1. The van der Waals surface area contributed by atoms with Gasteiger partial charge in [-0.2, -0.15) is 0 Å². The maximum atomic E-state index is 12.4. The van der Waals surface area contributed by atoms with Gasteiger partial charge >= 0.3 is 6.16 Å². The molecule has 0 heterocycles. The monoisotopic (exact) mass is 302 g/mol. The van der Waals surface area contributed by atoms with Crippen LogP contribution < -0.4 is 10.5 Å². The first-order valence-corrected chi connectivity index (χ1v) is 5.98. The predicted octanol–water partition coefficient (Wildman–Crippen LogP) is 2.46. The minimum Gasteiger partial charge on any atom is -0.449 e. The molecule has 2 aromatic rings. The van der Waals surface area contributed by atoms with E-state index in [9.17, 15) is 19.7 Å². The number of carboxylic acid groups (broad SMARTS) is 1. The number of nitro benzene ring substituents is 1. The molecule has 0 fully saturated rings. The minimum atomic E-state index is -1.62. The molecule has 0 saturated carbocycles. The molecule has 22 heavy (non-hydrogen) atoms. The van der Waals surface area contributed by atoms with Crippen LogP contribution in [0.1, 0.15) is 15.9 Å². The smallest absolute Gasteiger partial charge is 0.449 e. The molecule has 0 saturated heterocycles. The van der Waals surface area contributed by atoms with Gasteiger partial charge in [-0.25, -0.2) is 4.79 Å². The van der Waals surface area contributed by atoms with Crippen molar-refractivity contribution in [1.82, 2.24) is 0 Å². The van der Waals surface area contributed by atoms with Crippen LogP contribution in [0.4, 0.5) is 16.2 Å². The first-order valence-electron chi connectivity index (χ1n) is 5.98. The standard InChI is InChI=1S/C14H10N2O6/c15-11-6-2-5-10(13(11)22-14(18)19)12(17)8-3-1-4-9(7-8)16(20)21/h1-7H,15H2,(H,18,19). The molecule has 0 amide bonds. The van der Waals surface area contributed by atoms with Gasteiger partial charge in [0.05, 0.1) is 16.2 Å². The Bertz CT molecular complexity index is 772. The fourth-order valence-electron chi connectivity index (χ4n) is 1.85. The van der Waals surface area contributed by atoms with Crippen molar-refractivity contribution in [3.8, 4) is 5.75 Å². The third kappa shape index (κ3) is 3.01. The van der Waals surface area contributed by atoms with Crippen LogP contribution in [-0.4, -0.2) is 22.0 Å². The number of nitrogens with two attached hydrogens (primary N) is 1. The summed E-state index contributed by atoms with van der Waals surface area (Å²) in [7, 11) is 0. The molecule has 0 unspecified atom stereocenters. The first-order chi connectivity index (χ1) is 10.4. The number of anilines is 1. The zero-order chi connectivity index (χ0) is 16.3. The van der Waals surface area contributed by atoms with E-state index in [0.29, 0.717) is 0 Å². The lowest BCUT2D eigenvalue weighted by molar-refractivity contribution is -0.384. The minimum absolute atomic E-state index is 0.0232. The quantitative estimate of drug-likeness (QED) is 0.221. The Labute approximate surface area is 123 Å². The number of rotatable bonds is 4. The van der Waals surface area contributed by atoms with E-state index in [1.807, 2.05) is 0 Å². The van der Waals surface area contributed by atoms with Crippen LogP contribution in [0.3, 0.4) is 0 Å². The van der Waals surface area contributed by atoms with E-state index in [1.54, 1.807) is 0 Å². The van der Waals surface area contributed by atoms with E-state index in [4.69, 9.17) is 10.8 Å². The van der Waals surface area contributed by atoms with Crippen LogP contribution in [0, 0.1) is 10.1 Å². The van der Waals surface area contributed by atoms with Crippen LogP contribution >= 0.6 is 0 Å². The average Bonchev–Trinajstić information content (AvgIpc) is 2.48. The highest BCUT2D eigenvalue weighted by Gasteiger charge is 2.20.